The van der Waals surface area contributed by atoms with Crippen molar-refractivity contribution in [1.29, 1.82) is 10.5 Å². The van der Waals surface area contributed by atoms with Gasteiger partial charge in [0.05, 0.1) is 0 Å². The Labute approximate surface area is 145 Å². The predicted molar refractivity (Wildman–Crippen MR) is 94.9 cm³/mol. The first-order valence-electron chi connectivity index (χ1n) is 7.74. The summed E-state index contributed by atoms with van der Waals surface area (Å²) in [5.41, 5.74) is 0.508. The Morgan fingerprint density at radius 1 is 1.24 bits per heavy atom. The van der Waals surface area contributed by atoms with Gasteiger partial charge in [0.1, 0.15) is 23.6 Å². The molecule has 126 valence electrons. The maximum absolute atomic E-state index is 11.9. The van der Waals surface area contributed by atoms with Gasteiger partial charge >= 0.3 is 0 Å². The Balaban J connectivity index is 2.36. The van der Waals surface area contributed by atoms with E-state index in [4.69, 9.17) is 10.5 Å². The second-order valence-corrected chi connectivity index (χ2v) is 5.15. The van der Waals surface area contributed by atoms with Crippen LogP contribution >= 0.6 is 0 Å². The number of phenolic OH excluding ortho intramolecular Hbond substituents is 1. The highest BCUT2D eigenvalue weighted by Crippen LogP contribution is 2.26. The first kappa shape index (κ1) is 17.8. The van der Waals surface area contributed by atoms with Gasteiger partial charge in [-0.1, -0.05) is 0 Å². The highest BCUT2D eigenvalue weighted by Gasteiger charge is 2.09. The molecule has 0 saturated heterocycles. The molecule has 0 saturated carbocycles. The van der Waals surface area contributed by atoms with Crippen LogP contribution in [-0.2, 0) is 0 Å². The summed E-state index contributed by atoms with van der Waals surface area (Å²) in [6.07, 6.45) is 2.93. The molecule has 7 nitrogen and oxygen atoms in total. The fourth-order valence-electron chi connectivity index (χ4n) is 2.37. The lowest BCUT2D eigenvalue weighted by Crippen LogP contribution is -2.21. The number of aromatic amines is 1. The van der Waals surface area contributed by atoms with Gasteiger partial charge in [0.15, 0.2) is 11.4 Å². The number of benzene rings is 1. The van der Waals surface area contributed by atoms with Crippen molar-refractivity contribution in [2.75, 3.05) is 18.0 Å². The largest absolute Gasteiger partial charge is 0.507 e. The van der Waals surface area contributed by atoms with E-state index in [0.717, 1.165) is 18.8 Å². The molecule has 0 amide bonds. The average Bonchev–Trinajstić information content (AvgIpc) is 2.62. The minimum absolute atomic E-state index is 0.0113. The monoisotopic (exact) mass is 335 g/mol. The molecule has 0 radical (unpaired) electrons. The van der Waals surface area contributed by atoms with Crippen LogP contribution < -0.4 is 10.5 Å². The Morgan fingerprint density at radius 2 is 1.96 bits per heavy atom. The van der Waals surface area contributed by atoms with E-state index in [2.05, 4.69) is 14.9 Å². The fourth-order valence-corrected chi connectivity index (χ4v) is 2.37. The minimum atomic E-state index is -0.578. The summed E-state index contributed by atoms with van der Waals surface area (Å²) in [6.45, 7) is 5.72. The number of nitrogens with zero attached hydrogens (tertiary/aromatic N) is 4. The van der Waals surface area contributed by atoms with E-state index < -0.39 is 5.56 Å². The van der Waals surface area contributed by atoms with Crippen molar-refractivity contribution in [3.8, 4) is 17.9 Å². The van der Waals surface area contributed by atoms with E-state index in [1.165, 1.54) is 12.2 Å². The molecule has 2 aromatic rings. The summed E-state index contributed by atoms with van der Waals surface area (Å²) in [6, 6.07) is 8.75. The third kappa shape index (κ3) is 3.85. The fraction of sp³-hybridized carbons (Fsp3) is 0.222. The molecule has 1 heterocycles. The molecule has 0 spiro atoms. The number of anilines is 1. The number of H-pyrrole nitrogens is 1. The molecule has 1 aromatic carbocycles. The summed E-state index contributed by atoms with van der Waals surface area (Å²) < 4.78 is 0. The van der Waals surface area contributed by atoms with Gasteiger partial charge in [-0.05, 0) is 38.1 Å². The number of hydrogen-bond donors (Lipinski definition) is 2. The van der Waals surface area contributed by atoms with Crippen LogP contribution in [0.25, 0.3) is 12.2 Å². The second kappa shape index (κ2) is 7.80. The average molecular weight is 335 g/mol. The van der Waals surface area contributed by atoms with E-state index in [-0.39, 0.29) is 22.8 Å². The minimum Gasteiger partial charge on any atom is -0.507 e. The highest BCUT2D eigenvalue weighted by molar-refractivity contribution is 5.73. The lowest BCUT2D eigenvalue weighted by Gasteiger charge is -2.21. The molecule has 0 fully saturated rings. The molecular weight excluding hydrogens is 318 g/mol. The summed E-state index contributed by atoms with van der Waals surface area (Å²) in [5, 5.41) is 28.0. The zero-order valence-electron chi connectivity index (χ0n) is 13.9. The number of nitriles is 2. The van der Waals surface area contributed by atoms with Crippen molar-refractivity contribution in [2.45, 2.75) is 13.8 Å². The van der Waals surface area contributed by atoms with E-state index in [9.17, 15) is 9.90 Å². The lowest BCUT2D eigenvalue weighted by molar-refractivity contribution is 0.474. The molecule has 0 aliphatic heterocycles. The summed E-state index contributed by atoms with van der Waals surface area (Å²) in [7, 11) is 0. The van der Waals surface area contributed by atoms with Crippen LogP contribution in [0.5, 0.6) is 5.75 Å². The molecule has 25 heavy (non-hydrogen) atoms. The first-order chi connectivity index (χ1) is 12.0. The summed E-state index contributed by atoms with van der Waals surface area (Å²) in [4.78, 5) is 20.2. The maximum atomic E-state index is 11.9. The van der Waals surface area contributed by atoms with Crippen LogP contribution in [0, 0.1) is 22.7 Å². The molecule has 2 rings (SSSR count). The maximum Gasteiger partial charge on any atom is 0.274 e. The first-order valence-corrected chi connectivity index (χ1v) is 7.74. The zero-order chi connectivity index (χ0) is 18.4. The third-order valence-corrected chi connectivity index (χ3v) is 3.72. The van der Waals surface area contributed by atoms with E-state index in [1.807, 2.05) is 19.9 Å². The standard InChI is InChI=1S/C18H17N5O2/c1-3-23(4-2)13-7-5-12(17(24)9-13)6-8-14-18(25)22-16(11-20)15(10-19)21-14/h5-9,24H,3-4H2,1-2H3,(H,22,25)/b8-6+. The van der Waals surface area contributed by atoms with Crippen LogP contribution in [0.1, 0.15) is 36.5 Å². The van der Waals surface area contributed by atoms with Crippen molar-refractivity contribution in [2.24, 2.45) is 0 Å². The number of nitrogens with one attached hydrogen (secondary N) is 1. The van der Waals surface area contributed by atoms with Crippen LogP contribution in [0.4, 0.5) is 5.69 Å². The van der Waals surface area contributed by atoms with Crippen molar-refractivity contribution in [3.05, 3.63) is 51.2 Å². The number of aromatic hydroxyl groups is 1. The summed E-state index contributed by atoms with van der Waals surface area (Å²) in [5.74, 6) is 0.0752. The molecular formula is C18H17N5O2. The van der Waals surface area contributed by atoms with Gasteiger partial charge in [-0.25, -0.2) is 4.98 Å². The number of rotatable bonds is 5. The molecule has 0 unspecified atom stereocenters. The van der Waals surface area contributed by atoms with E-state index in [1.54, 1.807) is 24.3 Å². The quantitative estimate of drug-likeness (QED) is 0.865. The predicted octanol–water partition coefficient (Wildman–Crippen LogP) is 2.24. The van der Waals surface area contributed by atoms with Gasteiger partial charge in [0.2, 0.25) is 0 Å². The highest BCUT2D eigenvalue weighted by atomic mass is 16.3. The summed E-state index contributed by atoms with van der Waals surface area (Å²) >= 11 is 0. The van der Waals surface area contributed by atoms with Crippen molar-refractivity contribution in [1.82, 2.24) is 9.97 Å². The van der Waals surface area contributed by atoms with Gasteiger partial charge in [0, 0.05) is 30.4 Å². The van der Waals surface area contributed by atoms with Crippen LogP contribution in [0.3, 0.4) is 0 Å². The Hall–Kier alpha value is -3.58. The Bertz CT molecular complexity index is 943. The van der Waals surface area contributed by atoms with Gasteiger partial charge in [-0.3, -0.25) is 4.79 Å². The van der Waals surface area contributed by atoms with Gasteiger partial charge in [0.25, 0.3) is 5.56 Å². The number of aromatic nitrogens is 2. The molecule has 0 aliphatic rings. The number of hydrogen-bond acceptors (Lipinski definition) is 6. The topological polar surface area (TPSA) is 117 Å². The Kier molecular flexibility index (Phi) is 5.54. The Morgan fingerprint density at radius 3 is 2.52 bits per heavy atom. The smallest absolute Gasteiger partial charge is 0.274 e. The normalized spacial score (nSPS) is 10.4. The van der Waals surface area contributed by atoms with Crippen molar-refractivity contribution >= 4 is 17.8 Å². The van der Waals surface area contributed by atoms with E-state index >= 15 is 0 Å². The van der Waals surface area contributed by atoms with Gasteiger partial charge in [-0.2, -0.15) is 10.5 Å². The third-order valence-electron chi connectivity index (χ3n) is 3.72. The molecule has 0 aliphatic carbocycles. The zero-order valence-corrected chi connectivity index (χ0v) is 13.9. The van der Waals surface area contributed by atoms with Crippen molar-refractivity contribution in [3.63, 3.8) is 0 Å². The van der Waals surface area contributed by atoms with Crippen LogP contribution in [-0.4, -0.2) is 28.2 Å². The number of phenols is 1. The van der Waals surface area contributed by atoms with E-state index in [0.29, 0.717) is 5.56 Å². The lowest BCUT2D eigenvalue weighted by atomic mass is 10.1. The SMILES string of the molecule is CCN(CC)c1ccc(/C=C/c2nc(C#N)c(C#N)[nH]c2=O)c(O)c1. The van der Waals surface area contributed by atoms with Crippen molar-refractivity contribution < 1.29 is 5.11 Å². The molecule has 7 heteroatoms. The van der Waals surface area contributed by atoms with Crippen LogP contribution in [0.15, 0.2) is 23.0 Å². The molecule has 0 bridgehead atoms. The van der Waals surface area contributed by atoms with Gasteiger partial charge in [-0.15, -0.1) is 0 Å². The molecule has 2 N–H and O–H groups in total. The molecule has 0 atom stereocenters. The van der Waals surface area contributed by atoms with Gasteiger partial charge < -0.3 is 15.0 Å². The molecule has 1 aromatic heterocycles. The van der Waals surface area contributed by atoms with Crippen LogP contribution in [0.2, 0.25) is 0 Å². The second-order valence-electron chi connectivity index (χ2n) is 5.15.